The van der Waals surface area contributed by atoms with E-state index < -0.39 is 6.10 Å². The third kappa shape index (κ3) is 7.32. The van der Waals surface area contributed by atoms with Crippen molar-refractivity contribution in [2.45, 2.75) is 95.6 Å². The van der Waals surface area contributed by atoms with Crippen molar-refractivity contribution in [1.29, 1.82) is 0 Å². The van der Waals surface area contributed by atoms with Gasteiger partial charge in [-0.1, -0.05) is 30.3 Å². The van der Waals surface area contributed by atoms with Crippen LogP contribution >= 0.6 is 0 Å². The third-order valence-corrected chi connectivity index (χ3v) is 12.9. The Balaban J connectivity index is 0.000000153. The predicted octanol–water partition coefficient (Wildman–Crippen LogP) is 10.5. The molecule has 0 spiro atoms. The smallest absolute Gasteiger partial charge is 0.142 e. The van der Waals surface area contributed by atoms with Crippen LogP contribution in [0.4, 0.5) is 0 Å². The number of rotatable bonds is 5. The second-order valence-corrected chi connectivity index (χ2v) is 18.2. The van der Waals surface area contributed by atoms with E-state index in [-0.39, 0.29) is 41.3 Å². The number of fused-ring (bicyclic) bond motifs is 12. The zero-order chi connectivity index (χ0) is 43.8. The Bertz CT molecular complexity index is 2640. The van der Waals surface area contributed by atoms with Gasteiger partial charge in [-0.15, -0.1) is 0 Å². The van der Waals surface area contributed by atoms with Gasteiger partial charge in [0, 0.05) is 22.3 Å². The summed E-state index contributed by atoms with van der Waals surface area (Å²) >= 11 is 0. The summed E-state index contributed by atoms with van der Waals surface area (Å²) in [5, 5.41) is 11.3. The number of aliphatic hydroxyl groups excluding tert-OH is 1. The molecule has 10 heteroatoms. The Morgan fingerprint density at radius 2 is 1.11 bits per heavy atom. The molecule has 0 unspecified atom stereocenters. The van der Waals surface area contributed by atoms with Crippen LogP contribution in [0.25, 0.3) is 12.2 Å². The number of benzene rings is 5. The van der Waals surface area contributed by atoms with Crippen LogP contribution in [0.3, 0.4) is 0 Å². The molecule has 0 aromatic heterocycles. The predicted molar refractivity (Wildman–Crippen MR) is 240 cm³/mol. The molecular weight excluding hydrogens is 797 g/mol. The van der Waals surface area contributed by atoms with Gasteiger partial charge in [-0.2, -0.15) is 0 Å². The minimum absolute atomic E-state index is 0.0348. The van der Waals surface area contributed by atoms with Gasteiger partial charge in [0.1, 0.15) is 82.6 Å². The van der Waals surface area contributed by atoms with E-state index in [1.165, 1.54) is 0 Å². The fourth-order valence-electron chi connectivity index (χ4n) is 9.72. The molecule has 6 atom stereocenters. The van der Waals surface area contributed by atoms with E-state index in [4.69, 9.17) is 42.6 Å². The molecule has 0 saturated heterocycles. The van der Waals surface area contributed by atoms with E-state index in [0.717, 1.165) is 90.3 Å². The first-order valence-electron chi connectivity index (χ1n) is 21.7. The van der Waals surface area contributed by atoms with Gasteiger partial charge in [0.05, 0.1) is 56.0 Å². The SMILES string of the molecule is COc1cc2c(cc1C)OC[C@H]1Oc3c(ccc4c3C=CC(C)(C)O4)[C@@H](O)[C@@H]21.COc1cc2c(cc1C)OC[C@H]1Oc3c(ccc4c3C=CC(C)(C)O4)[C@@H](OCc3ccccc3)[C@@H]21. The highest BCUT2D eigenvalue weighted by molar-refractivity contribution is 5.72. The quantitative estimate of drug-likeness (QED) is 0.184. The first-order valence-corrected chi connectivity index (χ1v) is 21.7. The number of aliphatic hydroxyl groups is 1. The molecule has 11 rings (SSSR count). The second-order valence-electron chi connectivity index (χ2n) is 18.2. The van der Waals surface area contributed by atoms with Gasteiger partial charge in [0.2, 0.25) is 0 Å². The van der Waals surface area contributed by atoms with Crippen molar-refractivity contribution in [3.05, 3.63) is 141 Å². The van der Waals surface area contributed by atoms with Gasteiger partial charge in [0.25, 0.3) is 0 Å². The minimum atomic E-state index is -0.697. The fraction of sp³-hybridized carbons (Fsp3) is 0.358. The fourth-order valence-corrected chi connectivity index (χ4v) is 9.72. The zero-order valence-corrected chi connectivity index (χ0v) is 37.0. The first kappa shape index (κ1) is 40.9. The molecule has 0 radical (unpaired) electrons. The van der Waals surface area contributed by atoms with Gasteiger partial charge in [-0.3, -0.25) is 0 Å². The van der Waals surface area contributed by atoms with Gasteiger partial charge < -0.3 is 47.7 Å². The summed E-state index contributed by atoms with van der Waals surface area (Å²) in [5.41, 5.74) is 8.08. The summed E-state index contributed by atoms with van der Waals surface area (Å²) < 4.78 is 55.4. The highest BCUT2D eigenvalue weighted by Crippen LogP contribution is 2.56. The lowest BCUT2D eigenvalue weighted by Crippen LogP contribution is -2.43. The van der Waals surface area contributed by atoms with Crippen molar-refractivity contribution >= 4 is 12.2 Å². The lowest BCUT2D eigenvalue weighted by atomic mass is 9.79. The Morgan fingerprint density at radius 3 is 1.67 bits per heavy atom. The average molecular weight is 851 g/mol. The highest BCUT2D eigenvalue weighted by atomic mass is 16.6. The van der Waals surface area contributed by atoms with Gasteiger partial charge in [-0.25, -0.2) is 0 Å². The van der Waals surface area contributed by atoms with Crippen molar-refractivity contribution < 1.29 is 47.7 Å². The standard InChI is InChI=1S/C30H30O5.C23H24O5/c1-18-14-25-22(15-24(18)31-4)27-26(17-32-25)34-28-20-12-13-30(2,3)35-23(20)11-10-21(28)29(27)33-16-19-8-6-5-7-9-19;1-12-9-18-15(10-17(12)25-4)20-19(11-26-18)27-22-13-7-8-23(2,3)28-16(13)6-5-14(22)21(20)24/h5-15,26-27,29H,16-17H2,1-4H3;5-10,19-21,24H,11H2,1-4H3/t26-,27+,29-;19-,20+,21-/m11/s1. The first-order chi connectivity index (χ1) is 30.3. The summed E-state index contributed by atoms with van der Waals surface area (Å²) in [6, 6.07) is 26.3. The molecule has 63 heavy (non-hydrogen) atoms. The molecule has 0 amide bonds. The summed E-state index contributed by atoms with van der Waals surface area (Å²) in [6.45, 7) is 13.5. The van der Waals surface area contributed by atoms with Crippen LogP contribution in [0, 0.1) is 13.8 Å². The van der Waals surface area contributed by atoms with Crippen LogP contribution in [0.2, 0.25) is 0 Å². The van der Waals surface area contributed by atoms with Crippen molar-refractivity contribution in [3.63, 3.8) is 0 Å². The Morgan fingerprint density at radius 1 is 0.603 bits per heavy atom. The van der Waals surface area contributed by atoms with E-state index in [2.05, 4.69) is 56.3 Å². The van der Waals surface area contributed by atoms with E-state index in [1.54, 1.807) is 14.2 Å². The van der Waals surface area contributed by atoms with Gasteiger partial charge >= 0.3 is 0 Å². The molecule has 5 aromatic rings. The van der Waals surface area contributed by atoms with E-state index in [1.807, 2.05) is 88.4 Å². The number of hydrogen-bond acceptors (Lipinski definition) is 10. The van der Waals surface area contributed by atoms with Gasteiger partial charge in [0.15, 0.2) is 0 Å². The monoisotopic (exact) mass is 850 g/mol. The van der Waals surface area contributed by atoms with E-state index in [0.29, 0.717) is 25.6 Å². The van der Waals surface area contributed by atoms with Gasteiger partial charge in [-0.05, 0) is 131 Å². The second kappa shape index (κ2) is 15.6. The minimum Gasteiger partial charge on any atom is -0.496 e. The summed E-state index contributed by atoms with van der Waals surface area (Å²) in [5.74, 6) is 6.12. The maximum Gasteiger partial charge on any atom is 0.142 e. The molecule has 326 valence electrons. The lowest BCUT2D eigenvalue weighted by Gasteiger charge is -2.44. The van der Waals surface area contributed by atoms with Crippen LogP contribution in [-0.4, -0.2) is 55.9 Å². The Kier molecular flexibility index (Phi) is 10.1. The largest absolute Gasteiger partial charge is 0.496 e. The molecule has 6 aliphatic heterocycles. The Labute approximate surface area is 368 Å². The number of methoxy groups -OCH3 is 2. The maximum atomic E-state index is 11.3. The van der Waals surface area contributed by atoms with Crippen LogP contribution in [0.15, 0.2) is 91.0 Å². The molecule has 6 aliphatic rings. The maximum absolute atomic E-state index is 11.3. The van der Waals surface area contributed by atoms with Crippen molar-refractivity contribution in [2.24, 2.45) is 0 Å². The molecule has 6 heterocycles. The molecule has 0 bridgehead atoms. The van der Waals surface area contributed by atoms with E-state index in [9.17, 15) is 5.11 Å². The topological polar surface area (TPSA) is 103 Å². The van der Waals surface area contributed by atoms with Crippen LogP contribution < -0.4 is 37.9 Å². The van der Waals surface area contributed by atoms with E-state index >= 15 is 0 Å². The summed E-state index contributed by atoms with van der Waals surface area (Å²) in [7, 11) is 3.35. The summed E-state index contributed by atoms with van der Waals surface area (Å²) in [4.78, 5) is 0. The van der Waals surface area contributed by atoms with Crippen LogP contribution in [0.1, 0.15) is 102 Å². The molecule has 5 aromatic carbocycles. The molecule has 0 aliphatic carbocycles. The average Bonchev–Trinajstić information content (AvgIpc) is 3.26. The zero-order valence-electron chi connectivity index (χ0n) is 37.0. The lowest BCUT2D eigenvalue weighted by molar-refractivity contribution is -0.0477. The number of hydrogen-bond donors (Lipinski definition) is 1. The van der Waals surface area contributed by atoms with Crippen LogP contribution in [0.5, 0.6) is 46.0 Å². The highest BCUT2D eigenvalue weighted by Gasteiger charge is 2.47. The van der Waals surface area contributed by atoms with Crippen molar-refractivity contribution in [1.82, 2.24) is 0 Å². The number of ether oxygens (including phenoxy) is 9. The number of aryl methyl sites for hydroxylation is 2. The summed E-state index contributed by atoms with van der Waals surface area (Å²) in [6.07, 6.45) is 6.83. The molecule has 0 fully saturated rings. The van der Waals surface area contributed by atoms with Crippen molar-refractivity contribution in [2.75, 3.05) is 27.4 Å². The van der Waals surface area contributed by atoms with Crippen LogP contribution in [-0.2, 0) is 11.3 Å². The Hall–Kier alpha value is -6.10. The molecule has 1 N–H and O–H groups in total. The normalized spacial score (nSPS) is 24.2. The molecular formula is C53H54O10. The molecule has 10 nitrogen and oxygen atoms in total. The van der Waals surface area contributed by atoms with Crippen molar-refractivity contribution in [3.8, 4) is 46.0 Å². The third-order valence-electron chi connectivity index (χ3n) is 12.9. The molecule has 0 saturated carbocycles.